The van der Waals surface area contributed by atoms with Gasteiger partial charge in [0, 0.05) is 11.5 Å². The van der Waals surface area contributed by atoms with Crippen molar-refractivity contribution in [2.24, 2.45) is 0 Å². The lowest BCUT2D eigenvalue weighted by Crippen LogP contribution is -2.07. The van der Waals surface area contributed by atoms with Crippen LogP contribution in [0.2, 0.25) is 0 Å². The van der Waals surface area contributed by atoms with E-state index in [0.717, 1.165) is 0 Å². The highest BCUT2D eigenvalue weighted by Gasteiger charge is 2.36. The zero-order valence-corrected chi connectivity index (χ0v) is 9.97. The van der Waals surface area contributed by atoms with Gasteiger partial charge in [-0.2, -0.15) is 22.5 Å². The third-order valence-electron chi connectivity index (χ3n) is 2.09. The first-order chi connectivity index (χ1) is 8.38. The fraction of sp³-hybridized carbons (Fsp3) is 0.200. The Labute approximate surface area is 104 Å². The first-order valence-electron chi connectivity index (χ1n) is 4.82. The number of benzene rings is 1. The predicted molar refractivity (Wildman–Crippen MR) is 60.6 cm³/mol. The highest BCUT2D eigenvalue weighted by atomic mass is 32.1. The van der Waals surface area contributed by atoms with Crippen molar-refractivity contribution in [3.63, 3.8) is 0 Å². The molecular weight excluding hydrogens is 267 g/mol. The normalized spacial score (nSPS) is 11.6. The van der Waals surface area contributed by atoms with Crippen LogP contribution < -0.4 is 10.5 Å². The Bertz CT molecular complexity index is 547. The molecule has 0 radical (unpaired) electrons. The van der Waals surface area contributed by atoms with Crippen molar-refractivity contribution in [1.29, 1.82) is 0 Å². The van der Waals surface area contributed by atoms with Gasteiger partial charge in [0.25, 0.3) is 11.0 Å². The molecular formula is C10H8F3N3OS. The molecule has 4 nitrogen and oxygen atoms in total. The smallest absolute Gasteiger partial charge is 0.427 e. The van der Waals surface area contributed by atoms with E-state index in [1.165, 1.54) is 0 Å². The van der Waals surface area contributed by atoms with E-state index >= 15 is 0 Å². The molecule has 1 heterocycles. The molecule has 2 rings (SSSR count). The van der Waals surface area contributed by atoms with Gasteiger partial charge >= 0.3 is 6.18 Å². The largest absolute Gasteiger partial charge is 0.452 e. The maximum absolute atomic E-state index is 12.3. The van der Waals surface area contributed by atoms with Crippen LogP contribution >= 0.6 is 11.5 Å². The summed E-state index contributed by atoms with van der Waals surface area (Å²) in [7, 11) is 0. The lowest BCUT2D eigenvalue weighted by Gasteiger charge is -2.07. The molecule has 0 aliphatic heterocycles. The van der Waals surface area contributed by atoms with E-state index in [0.29, 0.717) is 28.5 Å². The summed E-state index contributed by atoms with van der Waals surface area (Å²) >= 11 is 0.530. The molecule has 8 heteroatoms. The molecule has 0 bridgehead atoms. The molecule has 18 heavy (non-hydrogen) atoms. The van der Waals surface area contributed by atoms with Crippen molar-refractivity contribution < 1.29 is 17.9 Å². The maximum atomic E-state index is 12.3. The van der Waals surface area contributed by atoms with Crippen LogP contribution in [0.25, 0.3) is 0 Å². The van der Waals surface area contributed by atoms with E-state index in [-0.39, 0.29) is 5.19 Å². The van der Waals surface area contributed by atoms with Crippen LogP contribution in [0.5, 0.6) is 10.9 Å². The highest BCUT2D eigenvalue weighted by molar-refractivity contribution is 7.07. The lowest BCUT2D eigenvalue weighted by molar-refractivity contribution is -0.144. The average Bonchev–Trinajstić information content (AvgIpc) is 2.72. The van der Waals surface area contributed by atoms with Crippen LogP contribution in [-0.2, 0) is 6.18 Å². The van der Waals surface area contributed by atoms with Gasteiger partial charge in [-0.15, -0.1) is 0 Å². The van der Waals surface area contributed by atoms with Crippen LogP contribution in [-0.4, -0.2) is 9.36 Å². The third-order valence-corrected chi connectivity index (χ3v) is 2.69. The van der Waals surface area contributed by atoms with Gasteiger partial charge in [0.15, 0.2) is 5.75 Å². The van der Waals surface area contributed by atoms with Crippen LogP contribution in [0.15, 0.2) is 18.2 Å². The summed E-state index contributed by atoms with van der Waals surface area (Å²) < 4.78 is 45.3. The van der Waals surface area contributed by atoms with Crippen LogP contribution in [0.3, 0.4) is 0 Å². The molecule has 2 aromatic rings. The first-order valence-corrected chi connectivity index (χ1v) is 5.59. The van der Waals surface area contributed by atoms with Gasteiger partial charge in [0.2, 0.25) is 0 Å². The predicted octanol–water partition coefficient (Wildman–Crippen LogP) is 3.24. The standard InChI is InChI=1S/C10H8F3N3OS/c1-5-3-2-4-6(14)7(5)17-9-15-8(16-18-9)10(11,12)13/h2-4H,14H2,1H3. The summed E-state index contributed by atoms with van der Waals surface area (Å²) in [6, 6.07) is 5.05. The molecule has 0 atom stereocenters. The number of aromatic nitrogens is 2. The molecule has 2 N–H and O–H groups in total. The molecule has 0 saturated carbocycles. The van der Waals surface area contributed by atoms with Gasteiger partial charge in [-0.3, -0.25) is 0 Å². The minimum atomic E-state index is -4.57. The maximum Gasteiger partial charge on any atom is 0.452 e. The number of para-hydroxylation sites is 1. The van der Waals surface area contributed by atoms with Crippen molar-refractivity contribution in [1.82, 2.24) is 9.36 Å². The van der Waals surface area contributed by atoms with Crippen molar-refractivity contribution in [3.8, 4) is 10.9 Å². The second-order valence-corrected chi connectivity index (χ2v) is 4.19. The van der Waals surface area contributed by atoms with Gasteiger partial charge < -0.3 is 10.5 Å². The van der Waals surface area contributed by atoms with Crippen molar-refractivity contribution in [2.75, 3.05) is 5.73 Å². The summed E-state index contributed by atoms with van der Waals surface area (Å²) in [5.41, 5.74) is 6.71. The molecule has 1 aromatic heterocycles. The zero-order valence-electron chi connectivity index (χ0n) is 9.15. The fourth-order valence-electron chi connectivity index (χ4n) is 1.27. The molecule has 0 spiro atoms. The number of rotatable bonds is 2. The first kappa shape index (κ1) is 12.6. The van der Waals surface area contributed by atoms with Gasteiger partial charge in [0.05, 0.1) is 5.69 Å². The molecule has 0 aliphatic rings. The highest BCUT2D eigenvalue weighted by Crippen LogP contribution is 2.34. The Morgan fingerprint density at radius 3 is 2.61 bits per heavy atom. The van der Waals surface area contributed by atoms with Gasteiger partial charge in [0.1, 0.15) is 0 Å². The van der Waals surface area contributed by atoms with Gasteiger partial charge in [-0.05, 0) is 18.6 Å². The monoisotopic (exact) mass is 275 g/mol. The van der Waals surface area contributed by atoms with E-state index in [1.807, 2.05) is 0 Å². The minimum absolute atomic E-state index is 0.191. The quantitative estimate of drug-likeness (QED) is 0.855. The third kappa shape index (κ3) is 2.53. The van der Waals surface area contributed by atoms with Gasteiger partial charge in [-0.1, -0.05) is 12.1 Å². The van der Waals surface area contributed by atoms with Crippen LogP contribution in [0.1, 0.15) is 11.4 Å². The summed E-state index contributed by atoms with van der Waals surface area (Å²) in [5.74, 6) is -0.919. The summed E-state index contributed by atoms with van der Waals surface area (Å²) in [4.78, 5) is 3.26. The van der Waals surface area contributed by atoms with E-state index in [4.69, 9.17) is 10.5 Å². The van der Waals surface area contributed by atoms with Crippen molar-refractivity contribution in [2.45, 2.75) is 13.1 Å². The van der Waals surface area contributed by atoms with Crippen LogP contribution in [0, 0.1) is 6.92 Å². The number of alkyl halides is 3. The van der Waals surface area contributed by atoms with E-state index < -0.39 is 12.0 Å². The van der Waals surface area contributed by atoms with Crippen molar-refractivity contribution >= 4 is 17.2 Å². The van der Waals surface area contributed by atoms with Gasteiger partial charge in [-0.25, -0.2) is 0 Å². The number of nitrogen functional groups attached to an aromatic ring is 1. The summed E-state index contributed by atoms with van der Waals surface area (Å²) in [5, 5.41) is -0.191. The molecule has 0 amide bonds. The number of anilines is 1. The Morgan fingerprint density at radius 2 is 2.06 bits per heavy atom. The van der Waals surface area contributed by atoms with Crippen LogP contribution in [0.4, 0.5) is 18.9 Å². The summed E-state index contributed by atoms with van der Waals surface area (Å²) in [6.45, 7) is 1.73. The molecule has 96 valence electrons. The second kappa shape index (κ2) is 4.45. The Kier molecular flexibility index (Phi) is 3.12. The Morgan fingerprint density at radius 1 is 1.33 bits per heavy atom. The molecule has 1 aromatic carbocycles. The number of hydrogen-bond acceptors (Lipinski definition) is 5. The number of hydrogen-bond donors (Lipinski definition) is 1. The fourth-order valence-corrected chi connectivity index (χ4v) is 1.82. The van der Waals surface area contributed by atoms with Crippen molar-refractivity contribution in [3.05, 3.63) is 29.6 Å². The second-order valence-electron chi connectivity index (χ2n) is 3.48. The van der Waals surface area contributed by atoms with E-state index in [9.17, 15) is 13.2 Å². The lowest BCUT2D eigenvalue weighted by atomic mass is 10.2. The molecule has 0 aliphatic carbocycles. The summed E-state index contributed by atoms with van der Waals surface area (Å²) in [6.07, 6.45) is -4.57. The number of halogens is 3. The zero-order chi connectivity index (χ0) is 13.3. The Hall–Kier alpha value is -1.83. The van der Waals surface area contributed by atoms with E-state index in [2.05, 4.69) is 9.36 Å². The topological polar surface area (TPSA) is 61.0 Å². The average molecular weight is 275 g/mol. The minimum Gasteiger partial charge on any atom is -0.427 e. The van der Waals surface area contributed by atoms with E-state index in [1.54, 1.807) is 25.1 Å². The SMILES string of the molecule is Cc1cccc(N)c1Oc1nc(C(F)(F)F)ns1. The molecule has 0 unspecified atom stereocenters. The molecule has 0 saturated heterocycles. The number of ether oxygens (including phenoxy) is 1. The number of nitrogens with two attached hydrogens (primary N) is 1. The number of aryl methyl sites for hydroxylation is 1. The number of nitrogens with zero attached hydrogens (tertiary/aromatic N) is 2. The Balaban J connectivity index is 2.27. The molecule has 0 fully saturated rings.